The number of carbonyl (C=O) groups excluding carboxylic acids is 1. The molecule has 0 spiro atoms. The Labute approximate surface area is 209 Å². The SMILES string of the molecule is COc1ccccc1[C@H]1N(Cc2ccccc2)C(=O)c2cc([N+](=O)[O-])ccc2N1Cc1ccccc1. The lowest BCUT2D eigenvalue weighted by Crippen LogP contribution is -2.49. The van der Waals surface area contributed by atoms with Gasteiger partial charge in [-0.15, -0.1) is 0 Å². The second-order valence-corrected chi connectivity index (χ2v) is 8.61. The molecule has 0 saturated carbocycles. The molecular weight excluding hydrogens is 454 g/mol. The maximum absolute atomic E-state index is 14.0. The van der Waals surface area contributed by atoms with Crippen molar-refractivity contribution in [2.24, 2.45) is 0 Å². The Morgan fingerprint density at radius 2 is 1.39 bits per heavy atom. The minimum absolute atomic E-state index is 0.114. The molecule has 0 aromatic heterocycles. The van der Waals surface area contributed by atoms with Crippen LogP contribution in [0.1, 0.15) is 33.2 Å². The zero-order valence-electron chi connectivity index (χ0n) is 19.8. The largest absolute Gasteiger partial charge is 0.496 e. The highest BCUT2D eigenvalue weighted by Crippen LogP contribution is 2.44. The zero-order chi connectivity index (χ0) is 25.1. The van der Waals surface area contributed by atoms with Crippen molar-refractivity contribution in [1.29, 1.82) is 0 Å². The van der Waals surface area contributed by atoms with E-state index < -0.39 is 11.1 Å². The summed E-state index contributed by atoms with van der Waals surface area (Å²) in [7, 11) is 1.61. The van der Waals surface area contributed by atoms with E-state index in [-0.39, 0.29) is 11.6 Å². The van der Waals surface area contributed by atoms with Crippen LogP contribution in [0.2, 0.25) is 0 Å². The molecule has 0 N–H and O–H groups in total. The van der Waals surface area contributed by atoms with Crippen LogP contribution in [0.5, 0.6) is 5.75 Å². The third-order valence-electron chi connectivity index (χ3n) is 6.39. The Hall–Kier alpha value is -4.65. The van der Waals surface area contributed by atoms with E-state index in [2.05, 4.69) is 4.90 Å². The Balaban J connectivity index is 1.72. The number of methoxy groups -OCH3 is 1. The summed E-state index contributed by atoms with van der Waals surface area (Å²) in [5, 5.41) is 11.6. The fraction of sp³-hybridized carbons (Fsp3) is 0.138. The van der Waals surface area contributed by atoms with Gasteiger partial charge in [-0.3, -0.25) is 14.9 Å². The minimum Gasteiger partial charge on any atom is -0.496 e. The van der Waals surface area contributed by atoms with Gasteiger partial charge >= 0.3 is 0 Å². The van der Waals surface area contributed by atoms with Gasteiger partial charge in [0.1, 0.15) is 11.9 Å². The molecule has 1 heterocycles. The molecule has 36 heavy (non-hydrogen) atoms. The third-order valence-corrected chi connectivity index (χ3v) is 6.39. The number of non-ortho nitro benzene ring substituents is 1. The van der Waals surface area contributed by atoms with Gasteiger partial charge in [-0.05, 0) is 23.3 Å². The van der Waals surface area contributed by atoms with Gasteiger partial charge in [0.25, 0.3) is 11.6 Å². The van der Waals surface area contributed by atoms with Gasteiger partial charge < -0.3 is 14.5 Å². The van der Waals surface area contributed by atoms with E-state index in [0.717, 1.165) is 16.7 Å². The van der Waals surface area contributed by atoms with E-state index in [9.17, 15) is 14.9 Å². The number of anilines is 1. The molecule has 7 heteroatoms. The molecule has 7 nitrogen and oxygen atoms in total. The predicted molar refractivity (Wildman–Crippen MR) is 138 cm³/mol. The average molecular weight is 480 g/mol. The van der Waals surface area contributed by atoms with E-state index >= 15 is 0 Å². The quantitative estimate of drug-likeness (QED) is 0.241. The fourth-order valence-corrected chi connectivity index (χ4v) is 4.73. The number of fused-ring (bicyclic) bond motifs is 1. The molecule has 4 aromatic rings. The Morgan fingerprint density at radius 3 is 2.00 bits per heavy atom. The van der Waals surface area contributed by atoms with Crippen LogP contribution in [0.15, 0.2) is 103 Å². The van der Waals surface area contributed by atoms with Crippen molar-refractivity contribution in [2.45, 2.75) is 19.3 Å². The van der Waals surface area contributed by atoms with E-state index in [1.54, 1.807) is 18.1 Å². The monoisotopic (exact) mass is 479 g/mol. The Kier molecular flexibility index (Phi) is 6.36. The van der Waals surface area contributed by atoms with E-state index in [0.29, 0.717) is 30.1 Å². The lowest BCUT2D eigenvalue weighted by Gasteiger charge is -2.46. The molecular formula is C29H25N3O4. The number of nitro benzene ring substituents is 1. The second kappa shape index (κ2) is 9.92. The van der Waals surface area contributed by atoms with Crippen molar-refractivity contribution in [1.82, 2.24) is 4.90 Å². The summed E-state index contributed by atoms with van der Waals surface area (Å²) in [4.78, 5) is 29.0. The summed E-state index contributed by atoms with van der Waals surface area (Å²) in [5.74, 6) is 0.398. The molecule has 0 fully saturated rings. The van der Waals surface area contributed by atoms with Crippen LogP contribution in [0.3, 0.4) is 0 Å². The van der Waals surface area contributed by atoms with Crippen molar-refractivity contribution < 1.29 is 14.5 Å². The smallest absolute Gasteiger partial charge is 0.270 e. The molecule has 1 atom stereocenters. The summed E-state index contributed by atoms with van der Waals surface area (Å²) in [5.41, 5.74) is 3.69. The number of rotatable bonds is 7. The number of carbonyl (C=O) groups is 1. The first kappa shape index (κ1) is 23.1. The van der Waals surface area contributed by atoms with Gasteiger partial charge in [0.15, 0.2) is 0 Å². The number of ether oxygens (including phenoxy) is 1. The first-order valence-electron chi connectivity index (χ1n) is 11.6. The molecule has 180 valence electrons. The molecule has 0 bridgehead atoms. The van der Waals surface area contributed by atoms with E-state index in [1.165, 1.54) is 12.1 Å². The summed E-state index contributed by atoms with van der Waals surface area (Å²) in [6, 6.07) is 31.9. The lowest BCUT2D eigenvalue weighted by molar-refractivity contribution is -0.384. The van der Waals surface area contributed by atoms with Crippen LogP contribution in [0, 0.1) is 10.1 Å². The molecule has 1 aliphatic rings. The number of hydrogen-bond donors (Lipinski definition) is 0. The van der Waals surface area contributed by atoms with E-state index in [4.69, 9.17) is 4.74 Å². The van der Waals surface area contributed by atoms with Gasteiger partial charge in [-0.1, -0.05) is 78.9 Å². The number of benzene rings is 4. The molecule has 4 aromatic carbocycles. The second-order valence-electron chi connectivity index (χ2n) is 8.61. The summed E-state index contributed by atoms with van der Waals surface area (Å²) < 4.78 is 5.72. The molecule has 0 radical (unpaired) electrons. The van der Waals surface area contributed by atoms with Gasteiger partial charge in [-0.2, -0.15) is 0 Å². The highest BCUT2D eigenvalue weighted by atomic mass is 16.6. The Morgan fingerprint density at radius 1 is 0.806 bits per heavy atom. The number of para-hydroxylation sites is 1. The van der Waals surface area contributed by atoms with Crippen molar-refractivity contribution in [3.05, 3.63) is 135 Å². The highest BCUT2D eigenvalue weighted by Gasteiger charge is 2.40. The number of hydrogen-bond acceptors (Lipinski definition) is 5. The first-order chi connectivity index (χ1) is 17.6. The molecule has 0 saturated heterocycles. The van der Waals surface area contributed by atoms with Crippen molar-refractivity contribution >= 4 is 17.3 Å². The van der Waals surface area contributed by atoms with Crippen LogP contribution in [-0.2, 0) is 13.1 Å². The van der Waals surface area contributed by atoms with Crippen LogP contribution < -0.4 is 9.64 Å². The molecule has 0 unspecified atom stereocenters. The third kappa shape index (κ3) is 4.38. The molecule has 5 rings (SSSR count). The maximum atomic E-state index is 14.0. The highest BCUT2D eigenvalue weighted by molar-refractivity contribution is 6.02. The van der Waals surface area contributed by atoms with Crippen molar-refractivity contribution in [3.63, 3.8) is 0 Å². The zero-order valence-corrected chi connectivity index (χ0v) is 19.8. The van der Waals surface area contributed by atoms with Crippen LogP contribution in [0.4, 0.5) is 11.4 Å². The maximum Gasteiger partial charge on any atom is 0.270 e. The average Bonchev–Trinajstić information content (AvgIpc) is 2.92. The minimum atomic E-state index is -0.497. The standard InChI is InChI=1S/C29H25N3O4/c1-36-27-15-9-8-14-24(27)28-30(19-21-10-4-2-5-11-21)26-17-16-23(32(34)35)18-25(26)29(33)31(28)20-22-12-6-3-7-13-22/h2-18,28H,19-20H2,1H3/t28-/m1/s1. The topological polar surface area (TPSA) is 75.9 Å². The fourth-order valence-electron chi connectivity index (χ4n) is 4.73. The first-order valence-corrected chi connectivity index (χ1v) is 11.6. The summed E-state index contributed by atoms with van der Waals surface area (Å²) in [6.45, 7) is 0.822. The number of nitrogens with zero attached hydrogens (tertiary/aromatic N) is 3. The van der Waals surface area contributed by atoms with Gasteiger partial charge in [0.2, 0.25) is 0 Å². The predicted octanol–water partition coefficient (Wildman–Crippen LogP) is 5.96. The summed E-state index contributed by atoms with van der Waals surface area (Å²) in [6.07, 6.45) is -0.497. The van der Waals surface area contributed by atoms with E-state index in [1.807, 2.05) is 84.9 Å². The lowest BCUT2D eigenvalue weighted by atomic mass is 9.98. The number of amides is 1. The van der Waals surface area contributed by atoms with Crippen molar-refractivity contribution in [3.8, 4) is 5.75 Å². The Bertz CT molecular complexity index is 1390. The summed E-state index contributed by atoms with van der Waals surface area (Å²) >= 11 is 0. The van der Waals surface area contributed by atoms with Crippen molar-refractivity contribution in [2.75, 3.05) is 12.0 Å². The molecule has 0 aliphatic carbocycles. The number of nitro groups is 1. The van der Waals surface area contributed by atoms with Gasteiger partial charge in [0.05, 0.1) is 23.3 Å². The van der Waals surface area contributed by atoms with Gasteiger partial charge in [0, 0.05) is 30.8 Å². The molecule has 1 aliphatic heterocycles. The normalized spacial score (nSPS) is 14.9. The van der Waals surface area contributed by atoms with Crippen LogP contribution >= 0.6 is 0 Å². The van der Waals surface area contributed by atoms with Crippen LogP contribution in [0.25, 0.3) is 0 Å². The molecule has 1 amide bonds. The van der Waals surface area contributed by atoms with Crippen LogP contribution in [-0.4, -0.2) is 22.8 Å². The van der Waals surface area contributed by atoms with Gasteiger partial charge in [-0.25, -0.2) is 0 Å².